The Balaban J connectivity index is 2.11. The molecular weight excluding hydrogens is 248 g/mol. The van der Waals surface area contributed by atoms with Gasteiger partial charge in [0.05, 0.1) is 0 Å². The molecule has 1 aromatic heterocycles. The number of nitrogens with zero attached hydrogens (tertiary/aromatic N) is 1. The lowest BCUT2D eigenvalue weighted by Crippen LogP contribution is -2.06. The molecule has 0 radical (unpaired) electrons. The second kappa shape index (κ2) is 6.38. The Morgan fingerprint density at radius 1 is 1.17 bits per heavy atom. The maximum absolute atomic E-state index is 6.14. The maximum atomic E-state index is 6.14. The van der Waals surface area contributed by atoms with Gasteiger partial charge >= 0.3 is 0 Å². The van der Waals surface area contributed by atoms with Gasteiger partial charge in [-0.2, -0.15) is 0 Å². The summed E-state index contributed by atoms with van der Waals surface area (Å²) < 4.78 is 5.79. The highest BCUT2D eigenvalue weighted by Gasteiger charge is 2.07. The van der Waals surface area contributed by atoms with Crippen LogP contribution >= 0.6 is 11.6 Å². The summed E-state index contributed by atoms with van der Waals surface area (Å²) in [7, 11) is 0. The third kappa shape index (κ3) is 3.22. The average molecular weight is 263 g/mol. The van der Waals surface area contributed by atoms with E-state index in [9.17, 15) is 0 Å². The second-order valence-corrected chi connectivity index (χ2v) is 4.31. The van der Waals surface area contributed by atoms with Gasteiger partial charge in [-0.3, -0.25) is 4.98 Å². The molecule has 0 saturated heterocycles. The molecular formula is C14H15ClN2O. The third-order valence-electron chi connectivity index (χ3n) is 2.61. The number of nitrogens with two attached hydrogens (primary N) is 1. The van der Waals surface area contributed by atoms with Gasteiger partial charge in [0.2, 0.25) is 0 Å². The number of pyridine rings is 1. The number of hydrogen-bond acceptors (Lipinski definition) is 3. The van der Waals surface area contributed by atoms with Gasteiger partial charge in [0.25, 0.3) is 0 Å². The van der Waals surface area contributed by atoms with Crippen molar-refractivity contribution < 1.29 is 4.74 Å². The van der Waals surface area contributed by atoms with Crippen LogP contribution in [0, 0.1) is 0 Å². The summed E-state index contributed by atoms with van der Waals surface area (Å²) >= 11 is 6.14. The summed E-state index contributed by atoms with van der Waals surface area (Å²) in [5, 5.41) is 0.702. The highest BCUT2D eigenvalue weighted by molar-refractivity contribution is 6.31. The fraction of sp³-hybridized carbons (Fsp3) is 0.214. The molecule has 2 rings (SSSR count). The number of benzene rings is 1. The van der Waals surface area contributed by atoms with Gasteiger partial charge < -0.3 is 10.5 Å². The Bertz CT molecular complexity index is 502. The van der Waals surface area contributed by atoms with Crippen molar-refractivity contribution >= 4 is 11.6 Å². The Morgan fingerprint density at radius 2 is 1.94 bits per heavy atom. The van der Waals surface area contributed by atoms with Crippen LogP contribution in [0.2, 0.25) is 5.02 Å². The van der Waals surface area contributed by atoms with Crippen molar-refractivity contribution in [1.82, 2.24) is 4.98 Å². The SMILES string of the molecule is NCCc1c(Cl)cccc1OCc1ccncc1. The molecule has 94 valence electrons. The predicted octanol–water partition coefficient (Wildman–Crippen LogP) is 2.82. The fourth-order valence-corrected chi connectivity index (χ4v) is 1.96. The molecule has 0 fully saturated rings. The van der Waals surface area contributed by atoms with Crippen LogP contribution in [0.1, 0.15) is 11.1 Å². The second-order valence-electron chi connectivity index (χ2n) is 3.90. The summed E-state index contributed by atoms with van der Waals surface area (Å²) in [5.74, 6) is 0.796. The van der Waals surface area contributed by atoms with Crippen molar-refractivity contribution in [3.63, 3.8) is 0 Å². The zero-order valence-corrected chi connectivity index (χ0v) is 10.7. The van der Waals surface area contributed by atoms with Crippen LogP contribution in [0.25, 0.3) is 0 Å². The summed E-state index contributed by atoms with van der Waals surface area (Å²) in [4.78, 5) is 3.97. The van der Waals surface area contributed by atoms with Crippen molar-refractivity contribution in [1.29, 1.82) is 0 Å². The van der Waals surface area contributed by atoms with E-state index in [1.807, 2.05) is 30.3 Å². The van der Waals surface area contributed by atoms with Gasteiger partial charge in [-0.05, 0) is 42.8 Å². The van der Waals surface area contributed by atoms with E-state index in [0.717, 1.165) is 16.9 Å². The Hall–Kier alpha value is -1.58. The molecule has 0 saturated carbocycles. The Morgan fingerprint density at radius 3 is 2.67 bits per heavy atom. The van der Waals surface area contributed by atoms with Crippen molar-refractivity contribution in [3.8, 4) is 5.75 Å². The molecule has 1 heterocycles. The highest BCUT2D eigenvalue weighted by Crippen LogP contribution is 2.27. The summed E-state index contributed by atoms with van der Waals surface area (Å²) in [6, 6.07) is 9.49. The van der Waals surface area contributed by atoms with E-state index < -0.39 is 0 Å². The first-order valence-corrected chi connectivity index (χ1v) is 6.18. The first-order valence-electron chi connectivity index (χ1n) is 5.80. The zero-order valence-electron chi connectivity index (χ0n) is 9.97. The minimum Gasteiger partial charge on any atom is -0.489 e. The molecule has 18 heavy (non-hydrogen) atoms. The standard InChI is InChI=1S/C14H15ClN2O/c15-13-2-1-3-14(12(13)4-7-16)18-10-11-5-8-17-9-6-11/h1-3,5-6,8-9H,4,7,10,16H2. The minimum atomic E-state index is 0.500. The van der Waals surface area contributed by atoms with Gasteiger partial charge in [-0.25, -0.2) is 0 Å². The van der Waals surface area contributed by atoms with Gasteiger partial charge in [-0.15, -0.1) is 0 Å². The van der Waals surface area contributed by atoms with Crippen LogP contribution in [0.3, 0.4) is 0 Å². The minimum absolute atomic E-state index is 0.500. The van der Waals surface area contributed by atoms with Gasteiger partial charge in [-0.1, -0.05) is 17.7 Å². The van der Waals surface area contributed by atoms with Crippen LogP contribution < -0.4 is 10.5 Å². The monoisotopic (exact) mass is 262 g/mol. The highest BCUT2D eigenvalue weighted by atomic mass is 35.5. The molecule has 2 aromatic rings. The summed E-state index contributed by atoms with van der Waals surface area (Å²) in [6.45, 7) is 1.05. The van der Waals surface area contributed by atoms with Crippen LogP contribution in [-0.4, -0.2) is 11.5 Å². The normalized spacial score (nSPS) is 10.3. The van der Waals surface area contributed by atoms with E-state index in [1.165, 1.54) is 0 Å². The van der Waals surface area contributed by atoms with Crippen molar-refractivity contribution in [2.75, 3.05) is 6.54 Å². The first-order chi connectivity index (χ1) is 8.81. The van der Waals surface area contributed by atoms with E-state index in [-0.39, 0.29) is 0 Å². The topological polar surface area (TPSA) is 48.1 Å². The molecule has 1 aromatic carbocycles. The quantitative estimate of drug-likeness (QED) is 0.901. The number of ether oxygens (including phenoxy) is 1. The van der Waals surface area contributed by atoms with Crippen molar-refractivity contribution in [2.45, 2.75) is 13.0 Å². The third-order valence-corrected chi connectivity index (χ3v) is 2.97. The zero-order chi connectivity index (χ0) is 12.8. The molecule has 0 bridgehead atoms. The lowest BCUT2D eigenvalue weighted by atomic mass is 10.1. The van der Waals surface area contributed by atoms with E-state index in [0.29, 0.717) is 24.6 Å². The molecule has 0 spiro atoms. The van der Waals surface area contributed by atoms with E-state index >= 15 is 0 Å². The Kier molecular flexibility index (Phi) is 4.56. The number of rotatable bonds is 5. The molecule has 0 aliphatic rings. The van der Waals surface area contributed by atoms with E-state index in [1.54, 1.807) is 12.4 Å². The molecule has 0 amide bonds. The number of hydrogen-bond donors (Lipinski definition) is 1. The van der Waals surface area contributed by atoms with Gasteiger partial charge in [0.15, 0.2) is 0 Å². The van der Waals surface area contributed by atoms with Crippen molar-refractivity contribution in [2.24, 2.45) is 5.73 Å². The maximum Gasteiger partial charge on any atom is 0.124 e. The van der Waals surface area contributed by atoms with Gasteiger partial charge in [0, 0.05) is 23.0 Å². The molecule has 2 N–H and O–H groups in total. The Labute approximate surface area is 112 Å². The molecule has 0 atom stereocenters. The number of halogens is 1. The molecule has 3 nitrogen and oxygen atoms in total. The predicted molar refractivity (Wildman–Crippen MR) is 72.8 cm³/mol. The fourth-order valence-electron chi connectivity index (χ4n) is 1.70. The largest absolute Gasteiger partial charge is 0.489 e. The summed E-state index contributed by atoms with van der Waals surface area (Å²) in [6.07, 6.45) is 4.21. The van der Waals surface area contributed by atoms with E-state index in [4.69, 9.17) is 22.1 Å². The summed E-state index contributed by atoms with van der Waals surface area (Å²) in [5.41, 5.74) is 7.62. The van der Waals surface area contributed by atoms with Crippen LogP contribution in [-0.2, 0) is 13.0 Å². The molecule has 0 aliphatic heterocycles. The molecule has 0 aliphatic carbocycles. The average Bonchev–Trinajstić information content (AvgIpc) is 2.41. The van der Waals surface area contributed by atoms with Crippen LogP contribution in [0.5, 0.6) is 5.75 Å². The molecule has 0 unspecified atom stereocenters. The van der Waals surface area contributed by atoms with Crippen LogP contribution in [0.4, 0.5) is 0 Å². The van der Waals surface area contributed by atoms with Crippen LogP contribution in [0.15, 0.2) is 42.7 Å². The lowest BCUT2D eigenvalue weighted by molar-refractivity contribution is 0.303. The smallest absolute Gasteiger partial charge is 0.124 e. The molecule has 4 heteroatoms. The van der Waals surface area contributed by atoms with Crippen molar-refractivity contribution in [3.05, 3.63) is 58.9 Å². The number of aromatic nitrogens is 1. The first kappa shape index (κ1) is 12.9. The van der Waals surface area contributed by atoms with E-state index in [2.05, 4.69) is 4.98 Å². The lowest BCUT2D eigenvalue weighted by Gasteiger charge is -2.12. The van der Waals surface area contributed by atoms with Gasteiger partial charge in [0.1, 0.15) is 12.4 Å².